The lowest BCUT2D eigenvalue weighted by molar-refractivity contribution is 0.0600. The van der Waals surface area contributed by atoms with E-state index in [1.54, 1.807) is 17.0 Å². The van der Waals surface area contributed by atoms with Gasteiger partial charge in [0.05, 0.1) is 12.7 Å². The van der Waals surface area contributed by atoms with E-state index in [2.05, 4.69) is 0 Å². The molecule has 1 heterocycles. The highest BCUT2D eigenvalue weighted by molar-refractivity contribution is 6.01. The van der Waals surface area contributed by atoms with Crippen molar-refractivity contribution in [3.63, 3.8) is 0 Å². The summed E-state index contributed by atoms with van der Waals surface area (Å²) in [5.41, 5.74) is 9.64. The van der Waals surface area contributed by atoms with E-state index < -0.39 is 5.97 Å². The molecule has 5 nitrogen and oxygen atoms in total. The largest absolute Gasteiger partial charge is 0.465 e. The van der Waals surface area contributed by atoms with Crippen LogP contribution in [0.2, 0.25) is 0 Å². The molecule has 2 aromatic carbocycles. The lowest BCUT2D eigenvalue weighted by Crippen LogP contribution is -2.23. The van der Waals surface area contributed by atoms with Gasteiger partial charge >= 0.3 is 5.97 Å². The lowest BCUT2D eigenvalue weighted by atomic mass is 10.1. The average molecular weight is 310 g/mol. The third-order valence-electron chi connectivity index (χ3n) is 4.01. The molecule has 0 aromatic heterocycles. The molecule has 0 fully saturated rings. The highest BCUT2D eigenvalue weighted by Crippen LogP contribution is 2.26. The van der Waals surface area contributed by atoms with Crippen LogP contribution in [0.15, 0.2) is 42.5 Å². The number of carbonyl (C=O) groups is 2. The third kappa shape index (κ3) is 2.96. The molecule has 0 radical (unpaired) electrons. The van der Waals surface area contributed by atoms with E-state index in [1.807, 2.05) is 30.3 Å². The second-order valence-electron chi connectivity index (χ2n) is 5.55. The molecule has 1 aliphatic heterocycles. The van der Waals surface area contributed by atoms with E-state index in [1.165, 1.54) is 7.11 Å². The van der Waals surface area contributed by atoms with Crippen molar-refractivity contribution < 1.29 is 14.3 Å². The van der Waals surface area contributed by atoms with Crippen LogP contribution in [0.5, 0.6) is 0 Å². The smallest absolute Gasteiger partial charge is 0.337 e. The first-order chi connectivity index (χ1) is 11.1. The van der Waals surface area contributed by atoms with Crippen LogP contribution in [0, 0.1) is 0 Å². The molecule has 2 N–H and O–H groups in total. The van der Waals surface area contributed by atoms with E-state index in [4.69, 9.17) is 10.5 Å². The number of rotatable bonds is 4. The van der Waals surface area contributed by atoms with Crippen LogP contribution in [0.3, 0.4) is 0 Å². The van der Waals surface area contributed by atoms with E-state index >= 15 is 0 Å². The van der Waals surface area contributed by atoms with Gasteiger partial charge in [-0.25, -0.2) is 4.79 Å². The monoisotopic (exact) mass is 310 g/mol. The maximum atomic E-state index is 12.6. The molecule has 2 aromatic rings. The van der Waals surface area contributed by atoms with Crippen LogP contribution in [0.4, 0.5) is 0 Å². The zero-order valence-electron chi connectivity index (χ0n) is 12.9. The number of methoxy groups -OCH3 is 1. The standard InChI is InChI=1S/C18H18N2O3/c1-23-18(22)14-5-6-15-11-20(17(21)16(15)8-14)10-13-4-2-3-12(7-13)9-19/h2-8H,9-11,19H2,1H3. The predicted octanol–water partition coefficient (Wildman–Crippen LogP) is 2.09. The maximum Gasteiger partial charge on any atom is 0.337 e. The van der Waals surface area contributed by atoms with Gasteiger partial charge in [0.15, 0.2) is 0 Å². The number of carbonyl (C=O) groups excluding carboxylic acids is 2. The summed E-state index contributed by atoms with van der Waals surface area (Å²) in [5, 5.41) is 0. The van der Waals surface area contributed by atoms with Crippen LogP contribution in [0.1, 0.15) is 37.4 Å². The van der Waals surface area contributed by atoms with Crippen LogP contribution in [0.25, 0.3) is 0 Å². The fourth-order valence-corrected chi connectivity index (χ4v) is 2.81. The van der Waals surface area contributed by atoms with Crippen molar-refractivity contribution in [1.29, 1.82) is 0 Å². The molecule has 23 heavy (non-hydrogen) atoms. The fraction of sp³-hybridized carbons (Fsp3) is 0.222. The van der Waals surface area contributed by atoms with Gasteiger partial charge in [0.25, 0.3) is 5.91 Å². The Balaban J connectivity index is 1.81. The first kappa shape index (κ1) is 15.2. The summed E-state index contributed by atoms with van der Waals surface area (Å²) in [6, 6.07) is 13.0. The quantitative estimate of drug-likeness (QED) is 0.878. The Morgan fingerprint density at radius 3 is 2.74 bits per heavy atom. The second kappa shape index (κ2) is 6.22. The van der Waals surface area contributed by atoms with Crippen molar-refractivity contribution >= 4 is 11.9 Å². The van der Waals surface area contributed by atoms with E-state index in [0.29, 0.717) is 30.8 Å². The Labute approximate surface area is 134 Å². The van der Waals surface area contributed by atoms with Crippen LogP contribution >= 0.6 is 0 Å². The molecule has 0 atom stereocenters. The van der Waals surface area contributed by atoms with Crippen molar-refractivity contribution in [2.24, 2.45) is 5.73 Å². The highest BCUT2D eigenvalue weighted by atomic mass is 16.5. The molecule has 0 spiro atoms. The van der Waals surface area contributed by atoms with E-state index in [9.17, 15) is 9.59 Å². The normalized spacial score (nSPS) is 13.1. The number of hydrogen-bond acceptors (Lipinski definition) is 4. The number of hydrogen-bond donors (Lipinski definition) is 1. The van der Waals surface area contributed by atoms with E-state index in [-0.39, 0.29) is 5.91 Å². The predicted molar refractivity (Wildman–Crippen MR) is 85.7 cm³/mol. The van der Waals surface area contributed by atoms with Crippen LogP contribution in [-0.4, -0.2) is 23.9 Å². The number of ether oxygens (including phenoxy) is 1. The van der Waals surface area contributed by atoms with E-state index in [0.717, 1.165) is 16.7 Å². The molecular weight excluding hydrogens is 292 g/mol. The Bertz CT molecular complexity index is 771. The molecule has 0 saturated heterocycles. The Hall–Kier alpha value is -2.66. The summed E-state index contributed by atoms with van der Waals surface area (Å²) in [4.78, 5) is 25.9. The second-order valence-corrected chi connectivity index (χ2v) is 5.55. The van der Waals surface area contributed by atoms with Gasteiger partial charge in [0.1, 0.15) is 0 Å². The molecule has 0 saturated carbocycles. The maximum absolute atomic E-state index is 12.6. The molecular formula is C18H18N2O3. The molecule has 0 aliphatic carbocycles. The summed E-state index contributed by atoms with van der Waals surface area (Å²) in [6.45, 7) is 1.54. The molecule has 118 valence electrons. The van der Waals surface area contributed by atoms with Crippen molar-refractivity contribution in [3.05, 3.63) is 70.3 Å². The van der Waals surface area contributed by atoms with Crippen LogP contribution in [-0.2, 0) is 24.4 Å². The van der Waals surface area contributed by atoms with Crippen LogP contribution < -0.4 is 5.73 Å². The van der Waals surface area contributed by atoms with Gasteiger partial charge in [-0.15, -0.1) is 0 Å². The summed E-state index contributed by atoms with van der Waals surface area (Å²) < 4.78 is 4.70. The van der Waals surface area contributed by atoms with Gasteiger partial charge in [-0.2, -0.15) is 0 Å². The number of nitrogens with zero attached hydrogens (tertiary/aromatic N) is 1. The zero-order chi connectivity index (χ0) is 16.4. The van der Waals surface area contributed by atoms with Gasteiger partial charge < -0.3 is 15.4 Å². The highest BCUT2D eigenvalue weighted by Gasteiger charge is 2.28. The van der Waals surface area contributed by atoms with Crippen molar-refractivity contribution in [2.75, 3.05) is 7.11 Å². The molecule has 0 bridgehead atoms. The molecule has 3 rings (SSSR count). The number of fused-ring (bicyclic) bond motifs is 1. The summed E-state index contributed by atoms with van der Waals surface area (Å²) in [6.07, 6.45) is 0. The molecule has 1 aliphatic rings. The third-order valence-corrected chi connectivity index (χ3v) is 4.01. The van der Waals surface area contributed by atoms with Gasteiger partial charge in [0.2, 0.25) is 0 Å². The number of nitrogens with two attached hydrogens (primary N) is 1. The number of benzene rings is 2. The van der Waals surface area contributed by atoms with Crippen molar-refractivity contribution in [1.82, 2.24) is 4.90 Å². The summed E-state index contributed by atoms with van der Waals surface area (Å²) >= 11 is 0. The lowest BCUT2D eigenvalue weighted by Gasteiger charge is -2.16. The minimum absolute atomic E-state index is 0.0658. The first-order valence-corrected chi connectivity index (χ1v) is 7.40. The van der Waals surface area contributed by atoms with Gasteiger partial charge in [-0.3, -0.25) is 4.79 Å². The van der Waals surface area contributed by atoms with Crippen molar-refractivity contribution in [2.45, 2.75) is 19.6 Å². The van der Waals surface area contributed by atoms with Crippen molar-refractivity contribution in [3.8, 4) is 0 Å². The Morgan fingerprint density at radius 1 is 1.22 bits per heavy atom. The van der Waals surface area contributed by atoms with Gasteiger partial charge in [-0.1, -0.05) is 30.3 Å². The molecule has 5 heteroatoms. The average Bonchev–Trinajstić information content (AvgIpc) is 2.89. The zero-order valence-corrected chi connectivity index (χ0v) is 12.9. The Kier molecular flexibility index (Phi) is 4.12. The topological polar surface area (TPSA) is 72.6 Å². The number of esters is 1. The molecule has 1 amide bonds. The minimum atomic E-state index is -0.435. The SMILES string of the molecule is COC(=O)c1ccc2c(c1)C(=O)N(Cc1cccc(CN)c1)C2. The summed E-state index contributed by atoms with van der Waals surface area (Å²) in [5.74, 6) is -0.501. The Morgan fingerprint density at radius 2 is 2.00 bits per heavy atom. The molecule has 0 unspecified atom stereocenters. The summed E-state index contributed by atoms with van der Waals surface area (Å²) in [7, 11) is 1.33. The number of amides is 1. The van der Waals surface area contributed by atoms with Gasteiger partial charge in [-0.05, 0) is 28.8 Å². The van der Waals surface area contributed by atoms with Gasteiger partial charge in [0, 0.05) is 25.2 Å². The first-order valence-electron chi connectivity index (χ1n) is 7.40. The minimum Gasteiger partial charge on any atom is -0.465 e. The fourth-order valence-electron chi connectivity index (χ4n) is 2.81.